The molecule has 0 aliphatic heterocycles. The number of carboxylic acids is 1. The zero-order valence-electron chi connectivity index (χ0n) is 15.0. The van der Waals surface area contributed by atoms with Gasteiger partial charge in [0.15, 0.2) is 0 Å². The monoisotopic (exact) mass is 328 g/mol. The number of para-hydroxylation sites is 1. The Kier molecular flexibility index (Phi) is 4.83. The molecule has 0 saturated carbocycles. The summed E-state index contributed by atoms with van der Waals surface area (Å²) < 4.78 is 5.43. The summed E-state index contributed by atoms with van der Waals surface area (Å²) >= 11 is 0. The summed E-state index contributed by atoms with van der Waals surface area (Å²) in [6, 6.07) is 9.28. The number of aromatic carboxylic acids is 1. The molecule has 1 N–H and O–H groups in total. The minimum absolute atomic E-state index is 0.178. The highest BCUT2D eigenvalue weighted by atomic mass is 16.5. The maximum absolute atomic E-state index is 12.0. The molecular formula is C19H24N2O3. The van der Waals surface area contributed by atoms with Crippen LogP contribution < -0.4 is 9.64 Å². The highest BCUT2D eigenvalue weighted by Crippen LogP contribution is 2.38. The lowest BCUT2D eigenvalue weighted by Crippen LogP contribution is -2.21. The van der Waals surface area contributed by atoms with Gasteiger partial charge in [-0.1, -0.05) is 39.0 Å². The van der Waals surface area contributed by atoms with Crippen LogP contribution in [0.25, 0.3) is 11.1 Å². The Balaban J connectivity index is 2.91. The van der Waals surface area contributed by atoms with Crippen LogP contribution >= 0.6 is 0 Å². The first kappa shape index (κ1) is 17.8. The molecule has 128 valence electrons. The Morgan fingerprint density at radius 1 is 1.17 bits per heavy atom. The Morgan fingerprint density at radius 2 is 1.79 bits per heavy atom. The summed E-state index contributed by atoms with van der Waals surface area (Å²) in [7, 11) is 5.18. The first-order valence-corrected chi connectivity index (χ1v) is 7.76. The number of ether oxygens (including phenoxy) is 1. The van der Waals surface area contributed by atoms with Crippen LogP contribution in [-0.2, 0) is 5.41 Å². The molecule has 0 saturated heterocycles. The molecule has 0 unspecified atom stereocenters. The zero-order chi connectivity index (χ0) is 18.1. The van der Waals surface area contributed by atoms with Gasteiger partial charge in [0.2, 0.25) is 0 Å². The third-order valence-electron chi connectivity index (χ3n) is 3.80. The molecule has 1 heterocycles. The van der Waals surface area contributed by atoms with Crippen LogP contribution in [0.4, 0.5) is 5.82 Å². The van der Waals surface area contributed by atoms with Crippen LogP contribution in [0, 0.1) is 0 Å². The number of methoxy groups -OCH3 is 1. The average molecular weight is 328 g/mol. The Bertz CT molecular complexity index is 762. The van der Waals surface area contributed by atoms with Gasteiger partial charge in [0.25, 0.3) is 0 Å². The minimum Gasteiger partial charge on any atom is -0.496 e. The Labute approximate surface area is 142 Å². The van der Waals surface area contributed by atoms with Gasteiger partial charge in [0.1, 0.15) is 17.1 Å². The molecule has 0 amide bonds. The summed E-state index contributed by atoms with van der Waals surface area (Å²) in [5.74, 6) is 0.0687. The summed E-state index contributed by atoms with van der Waals surface area (Å²) in [6.45, 7) is 6.17. The summed E-state index contributed by atoms with van der Waals surface area (Å²) in [5.41, 5.74) is 2.16. The van der Waals surface area contributed by atoms with Crippen molar-refractivity contribution in [2.24, 2.45) is 0 Å². The van der Waals surface area contributed by atoms with Gasteiger partial charge in [-0.2, -0.15) is 0 Å². The largest absolute Gasteiger partial charge is 0.496 e. The highest BCUT2D eigenvalue weighted by Gasteiger charge is 2.26. The second-order valence-corrected chi connectivity index (χ2v) is 6.90. The van der Waals surface area contributed by atoms with Gasteiger partial charge >= 0.3 is 5.97 Å². The predicted octanol–water partition coefficient (Wildman–Crippen LogP) is 3.82. The molecule has 2 rings (SSSR count). The summed E-state index contributed by atoms with van der Waals surface area (Å²) in [4.78, 5) is 18.3. The van der Waals surface area contributed by atoms with Crippen molar-refractivity contribution >= 4 is 11.8 Å². The van der Waals surface area contributed by atoms with Gasteiger partial charge in [0.05, 0.1) is 7.11 Å². The first-order chi connectivity index (χ1) is 11.2. The van der Waals surface area contributed by atoms with E-state index in [-0.39, 0.29) is 11.0 Å². The number of nitrogens with zero attached hydrogens (tertiary/aromatic N) is 2. The van der Waals surface area contributed by atoms with Gasteiger partial charge in [-0.05, 0) is 12.1 Å². The van der Waals surface area contributed by atoms with Crippen LogP contribution in [-0.4, -0.2) is 37.3 Å². The first-order valence-electron chi connectivity index (χ1n) is 7.76. The van der Waals surface area contributed by atoms with E-state index in [9.17, 15) is 9.90 Å². The molecule has 0 aliphatic carbocycles. The van der Waals surface area contributed by atoms with E-state index in [4.69, 9.17) is 4.74 Å². The molecule has 0 bridgehead atoms. The van der Waals surface area contributed by atoms with E-state index < -0.39 is 5.97 Å². The van der Waals surface area contributed by atoms with E-state index in [0.29, 0.717) is 17.1 Å². The molecule has 0 aliphatic rings. The van der Waals surface area contributed by atoms with Crippen LogP contribution in [0.15, 0.2) is 30.3 Å². The van der Waals surface area contributed by atoms with Crippen molar-refractivity contribution in [1.29, 1.82) is 0 Å². The number of hydrogen-bond acceptors (Lipinski definition) is 4. The number of aromatic nitrogens is 1. The van der Waals surface area contributed by atoms with Crippen LogP contribution in [0.1, 0.15) is 36.8 Å². The normalized spacial score (nSPS) is 11.2. The van der Waals surface area contributed by atoms with Crippen molar-refractivity contribution in [3.8, 4) is 16.9 Å². The van der Waals surface area contributed by atoms with E-state index >= 15 is 0 Å². The van der Waals surface area contributed by atoms with Gasteiger partial charge < -0.3 is 14.7 Å². The fraction of sp³-hybridized carbons (Fsp3) is 0.368. The summed E-state index contributed by atoms with van der Waals surface area (Å²) in [5, 5.41) is 9.81. The topological polar surface area (TPSA) is 62.7 Å². The zero-order valence-corrected chi connectivity index (χ0v) is 15.0. The van der Waals surface area contributed by atoms with Crippen LogP contribution in [0.5, 0.6) is 5.75 Å². The van der Waals surface area contributed by atoms with E-state index in [1.807, 2.05) is 30.3 Å². The molecule has 5 nitrogen and oxygen atoms in total. The fourth-order valence-corrected chi connectivity index (χ4v) is 2.53. The van der Waals surface area contributed by atoms with Gasteiger partial charge in [-0.15, -0.1) is 0 Å². The van der Waals surface area contributed by atoms with E-state index in [1.165, 1.54) is 0 Å². The number of rotatable bonds is 4. The van der Waals surface area contributed by atoms with Crippen molar-refractivity contribution in [3.63, 3.8) is 0 Å². The number of pyridine rings is 1. The maximum atomic E-state index is 12.0. The Morgan fingerprint density at radius 3 is 2.29 bits per heavy atom. The second-order valence-electron chi connectivity index (χ2n) is 6.90. The standard InChI is InChI=1S/C19H24N2O3/c1-19(2,3)15-11-13(12-9-7-8-10-14(12)24-6)16(18(22)23)17(20-15)21(4)5/h7-11H,1-6H3,(H,22,23). The number of carboxylic acid groups (broad SMARTS) is 1. The lowest BCUT2D eigenvalue weighted by Gasteiger charge is -2.24. The quantitative estimate of drug-likeness (QED) is 0.924. The molecule has 0 spiro atoms. The fourth-order valence-electron chi connectivity index (χ4n) is 2.53. The lowest BCUT2D eigenvalue weighted by molar-refractivity contribution is 0.0698. The molecule has 0 radical (unpaired) electrons. The van der Waals surface area contributed by atoms with Crippen molar-refractivity contribution in [1.82, 2.24) is 4.98 Å². The van der Waals surface area contributed by atoms with E-state index in [0.717, 1.165) is 11.3 Å². The lowest BCUT2D eigenvalue weighted by atomic mass is 9.88. The van der Waals surface area contributed by atoms with Gasteiger partial charge in [-0.25, -0.2) is 9.78 Å². The number of hydrogen-bond donors (Lipinski definition) is 1. The predicted molar refractivity (Wildman–Crippen MR) is 96.2 cm³/mol. The third-order valence-corrected chi connectivity index (χ3v) is 3.80. The third kappa shape index (κ3) is 3.35. The Hall–Kier alpha value is -2.56. The molecule has 0 atom stereocenters. The van der Waals surface area contributed by atoms with Crippen molar-refractivity contribution < 1.29 is 14.6 Å². The number of carbonyl (C=O) groups is 1. The molecule has 5 heteroatoms. The smallest absolute Gasteiger partial charge is 0.340 e. The number of anilines is 1. The molecule has 1 aromatic carbocycles. The van der Waals surface area contributed by atoms with Crippen LogP contribution in [0.3, 0.4) is 0 Å². The molecule has 2 aromatic rings. The summed E-state index contributed by atoms with van der Waals surface area (Å²) in [6.07, 6.45) is 0. The van der Waals surface area contributed by atoms with Gasteiger partial charge in [0, 0.05) is 36.3 Å². The van der Waals surface area contributed by atoms with E-state index in [1.54, 1.807) is 26.1 Å². The van der Waals surface area contributed by atoms with Crippen LogP contribution in [0.2, 0.25) is 0 Å². The molecule has 1 aromatic heterocycles. The van der Waals surface area contributed by atoms with Gasteiger partial charge in [-0.3, -0.25) is 0 Å². The maximum Gasteiger partial charge on any atom is 0.340 e. The number of benzene rings is 1. The molecular weight excluding hydrogens is 304 g/mol. The van der Waals surface area contributed by atoms with E-state index in [2.05, 4.69) is 25.8 Å². The highest BCUT2D eigenvalue weighted by molar-refractivity contribution is 6.02. The molecule has 24 heavy (non-hydrogen) atoms. The minimum atomic E-state index is -1.01. The second kappa shape index (κ2) is 6.51. The SMILES string of the molecule is COc1ccccc1-c1cc(C(C)(C)C)nc(N(C)C)c1C(=O)O. The molecule has 0 fully saturated rings. The van der Waals surface area contributed by atoms with Crippen molar-refractivity contribution in [3.05, 3.63) is 41.6 Å². The van der Waals surface area contributed by atoms with Crippen molar-refractivity contribution in [2.45, 2.75) is 26.2 Å². The average Bonchev–Trinajstić information content (AvgIpc) is 2.52. The van der Waals surface area contributed by atoms with Crippen molar-refractivity contribution in [2.75, 3.05) is 26.1 Å².